The third-order valence-corrected chi connectivity index (χ3v) is 3.92. The summed E-state index contributed by atoms with van der Waals surface area (Å²) in [6, 6.07) is 6.25. The van der Waals surface area contributed by atoms with Gasteiger partial charge in [0.05, 0.1) is 11.3 Å². The van der Waals surface area contributed by atoms with Crippen molar-refractivity contribution in [3.8, 4) is 0 Å². The predicted octanol–water partition coefficient (Wildman–Crippen LogP) is 3.05. The van der Waals surface area contributed by atoms with E-state index >= 15 is 0 Å². The molecule has 2 aromatic rings. The number of furan rings is 1. The van der Waals surface area contributed by atoms with Crippen LogP contribution in [-0.2, 0) is 9.53 Å². The summed E-state index contributed by atoms with van der Waals surface area (Å²) in [4.78, 5) is 36.3. The molecule has 2 N–H and O–H groups in total. The number of carbonyl (C=O) groups is 3. The van der Waals surface area contributed by atoms with Gasteiger partial charge in [0.2, 0.25) is 0 Å². The number of hydrogen-bond donors (Lipinski definition) is 2. The zero-order valence-electron chi connectivity index (χ0n) is 14.4. The molecule has 2 heterocycles. The van der Waals surface area contributed by atoms with Crippen LogP contribution in [0.25, 0.3) is 0 Å². The maximum Gasteiger partial charge on any atom is 0.349 e. The molecule has 0 aromatic carbocycles. The minimum Gasteiger partial charge on any atom is -0.459 e. The third kappa shape index (κ3) is 5.46. The van der Waals surface area contributed by atoms with E-state index in [0.29, 0.717) is 5.00 Å². The Balaban J connectivity index is 1.93. The van der Waals surface area contributed by atoms with Gasteiger partial charge in [-0.15, -0.1) is 11.3 Å². The summed E-state index contributed by atoms with van der Waals surface area (Å²) in [6.07, 6.45) is 0.478. The number of nitrogens with one attached hydrogen (secondary N) is 2. The Hall–Kier alpha value is -2.61. The summed E-state index contributed by atoms with van der Waals surface area (Å²) in [6.45, 7) is 7.03. The van der Waals surface area contributed by atoms with E-state index in [1.54, 1.807) is 12.1 Å². The number of hydrogen-bond acceptors (Lipinski definition) is 6. The lowest BCUT2D eigenvalue weighted by Gasteiger charge is -2.23. The highest BCUT2D eigenvalue weighted by Gasteiger charge is 2.23. The molecule has 0 aliphatic rings. The average Bonchev–Trinajstić information content (AvgIpc) is 3.16. The second-order valence-electron chi connectivity index (χ2n) is 6.38. The zero-order chi connectivity index (χ0) is 18.6. The van der Waals surface area contributed by atoms with Gasteiger partial charge in [0, 0.05) is 5.54 Å². The Kier molecular flexibility index (Phi) is 5.63. The number of rotatable bonds is 5. The number of esters is 1. The molecular formula is C17H20N2O5S. The van der Waals surface area contributed by atoms with Crippen LogP contribution in [-0.4, -0.2) is 29.4 Å². The summed E-state index contributed by atoms with van der Waals surface area (Å²) in [7, 11) is 0. The number of thiophene rings is 1. The SMILES string of the molecule is CC(OC(=O)c1ccc(NC(=O)c2ccco2)s1)C(=O)NC(C)(C)C. The highest BCUT2D eigenvalue weighted by atomic mass is 32.1. The maximum atomic E-state index is 12.1. The Bertz CT molecular complexity index is 758. The van der Waals surface area contributed by atoms with E-state index in [9.17, 15) is 14.4 Å². The minimum absolute atomic E-state index is 0.171. The molecule has 8 heteroatoms. The molecule has 0 fully saturated rings. The van der Waals surface area contributed by atoms with Gasteiger partial charge >= 0.3 is 5.97 Å². The summed E-state index contributed by atoms with van der Waals surface area (Å²) >= 11 is 1.05. The van der Waals surface area contributed by atoms with Crippen LogP contribution in [0.5, 0.6) is 0 Å². The van der Waals surface area contributed by atoms with Gasteiger partial charge in [0.15, 0.2) is 11.9 Å². The lowest BCUT2D eigenvalue weighted by atomic mass is 10.1. The van der Waals surface area contributed by atoms with E-state index < -0.39 is 23.5 Å². The lowest BCUT2D eigenvalue weighted by Crippen LogP contribution is -2.46. The fourth-order valence-electron chi connectivity index (χ4n) is 1.84. The molecule has 7 nitrogen and oxygen atoms in total. The van der Waals surface area contributed by atoms with Crippen LogP contribution >= 0.6 is 11.3 Å². The standard InChI is InChI=1S/C17H20N2O5S/c1-10(14(20)19-17(2,3)4)24-16(22)12-7-8-13(25-12)18-15(21)11-6-5-9-23-11/h5-10H,1-4H3,(H,18,21)(H,19,20). The summed E-state index contributed by atoms with van der Waals surface area (Å²) in [5.74, 6) is -1.24. The lowest BCUT2D eigenvalue weighted by molar-refractivity contribution is -0.130. The van der Waals surface area contributed by atoms with Crippen LogP contribution < -0.4 is 10.6 Å². The first-order valence-corrected chi connectivity index (χ1v) is 8.45. The molecule has 0 bridgehead atoms. The van der Waals surface area contributed by atoms with E-state index in [0.717, 1.165) is 11.3 Å². The molecule has 134 valence electrons. The van der Waals surface area contributed by atoms with Gasteiger partial charge in [-0.25, -0.2) is 4.79 Å². The third-order valence-electron chi connectivity index (χ3n) is 2.94. The molecule has 0 saturated carbocycles. The maximum absolute atomic E-state index is 12.1. The fraction of sp³-hybridized carbons (Fsp3) is 0.353. The molecule has 25 heavy (non-hydrogen) atoms. The summed E-state index contributed by atoms with van der Waals surface area (Å²) < 4.78 is 10.2. The van der Waals surface area contributed by atoms with Crippen molar-refractivity contribution in [2.75, 3.05) is 5.32 Å². The normalized spacial score (nSPS) is 12.3. The van der Waals surface area contributed by atoms with Crippen LogP contribution in [0.1, 0.15) is 47.9 Å². The van der Waals surface area contributed by atoms with E-state index in [1.807, 2.05) is 20.8 Å². The molecule has 0 saturated heterocycles. The molecule has 2 aromatic heterocycles. The molecule has 0 radical (unpaired) electrons. The number of anilines is 1. The van der Waals surface area contributed by atoms with Crippen LogP contribution in [0.15, 0.2) is 34.9 Å². The molecule has 0 aliphatic heterocycles. The smallest absolute Gasteiger partial charge is 0.349 e. The van der Waals surface area contributed by atoms with E-state index in [4.69, 9.17) is 9.15 Å². The molecule has 2 amide bonds. The summed E-state index contributed by atoms with van der Waals surface area (Å²) in [5.41, 5.74) is -0.413. The van der Waals surface area contributed by atoms with Crippen molar-refractivity contribution < 1.29 is 23.5 Å². The minimum atomic E-state index is -0.921. The van der Waals surface area contributed by atoms with Crippen molar-refractivity contribution in [2.24, 2.45) is 0 Å². The molecule has 1 unspecified atom stereocenters. The highest BCUT2D eigenvalue weighted by Crippen LogP contribution is 2.23. The number of ether oxygens (including phenoxy) is 1. The van der Waals surface area contributed by atoms with Crippen molar-refractivity contribution in [1.29, 1.82) is 0 Å². The molecular weight excluding hydrogens is 344 g/mol. The first kappa shape index (κ1) is 18.7. The van der Waals surface area contributed by atoms with E-state index in [-0.39, 0.29) is 16.5 Å². The van der Waals surface area contributed by atoms with E-state index in [1.165, 1.54) is 25.3 Å². The Morgan fingerprint density at radius 2 is 1.92 bits per heavy atom. The Morgan fingerprint density at radius 3 is 2.52 bits per heavy atom. The van der Waals surface area contributed by atoms with Gasteiger partial charge in [0.1, 0.15) is 4.88 Å². The van der Waals surface area contributed by atoms with Gasteiger partial charge in [0.25, 0.3) is 11.8 Å². The monoisotopic (exact) mass is 364 g/mol. The highest BCUT2D eigenvalue weighted by molar-refractivity contribution is 7.18. The van der Waals surface area contributed by atoms with Crippen molar-refractivity contribution in [2.45, 2.75) is 39.3 Å². The van der Waals surface area contributed by atoms with Gasteiger partial charge in [-0.1, -0.05) is 0 Å². The van der Waals surface area contributed by atoms with Gasteiger partial charge < -0.3 is 19.8 Å². The van der Waals surface area contributed by atoms with Crippen LogP contribution in [0.3, 0.4) is 0 Å². The largest absolute Gasteiger partial charge is 0.459 e. The first-order valence-electron chi connectivity index (χ1n) is 7.63. The van der Waals surface area contributed by atoms with Gasteiger partial charge in [-0.3, -0.25) is 9.59 Å². The van der Waals surface area contributed by atoms with Crippen LogP contribution in [0, 0.1) is 0 Å². The predicted molar refractivity (Wildman–Crippen MR) is 93.8 cm³/mol. The first-order chi connectivity index (χ1) is 11.7. The van der Waals surface area contributed by atoms with Crippen molar-refractivity contribution in [3.05, 3.63) is 41.2 Å². The average molecular weight is 364 g/mol. The van der Waals surface area contributed by atoms with E-state index in [2.05, 4.69) is 10.6 Å². The van der Waals surface area contributed by atoms with Crippen LogP contribution in [0.2, 0.25) is 0 Å². The number of carbonyl (C=O) groups excluding carboxylic acids is 3. The fourth-order valence-corrected chi connectivity index (χ4v) is 2.62. The Labute approximate surface area is 149 Å². The Morgan fingerprint density at radius 1 is 1.20 bits per heavy atom. The topological polar surface area (TPSA) is 97.6 Å². The molecule has 0 aliphatic carbocycles. The van der Waals surface area contributed by atoms with Gasteiger partial charge in [-0.05, 0) is 52.0 Å². The molecule has 0 spiro atoms. The van der Waals surface area contributed by atoms with Crippen molar-refractivity contribution in [1.82, 2.24) is 5.32 Å². The zero-order valence-corrected chi connectivity index (χ0v) is 15.2. The second-order valence-corrected chi connectivity index (χ2v) is 7.47. The molecule has 2 rings (SSSR count). The van der Waals surface area contributed by atoms with Crippen molar-refractivity contribution in [3.63, 3.8) is 0 Å². The second kappa shape index (κ2) is 7.52. The quantitative estimate of drug-likeness (QED) is 0.795. The molecule has 1 atom stereocenters. The van der Waals surface area contributed by atoms with Gasteiger partial charge in [-0.2, -0.15) is 0 Å². The number of amides is 2. The summed E-state index contributed by atoms with van der Waals surface area (Å²) in [5, 5.41) is 5.84. The van der Waals surface area contributed by atoms with Crippen molar-refractivity contribution >= 4 is 34.1 Å². The van der Waals surface area contributed by atoms with Crippen LogP contribution in [0.4, 0.5) is 5.00 Å².